The number of hydrogen-bond acceptors (Lipinski definition) is 2. The van der Waals surface area contributed by atoms with Crippen LogP contribution < -0.4 is 5.32 Å². The molecule has 1 aromatic carbocycles. The van der Waals surface area contributed by atoms with Crippen molar-refractivity contribution in [1.82, 2.24) is 5.32 Å². The fourth-order valence-corrected chi connectivity index (χ4v) is 3.28. The van der Waals surface area contributed by atoms with Crippen LogP contribution in [0, 0.1) is 5.82 Å². The lowest BCUT2D eigenvalue weighted by Crippen LogP contribution is -2.27. The minimum Gasteiger partial charge on any atom is -0.316 e. The summed E-state index contributed by atoms with van der Waals surface area (Å²) in [5.74, 6) is 1.02. The van der Waals surface area contributed by atoms with Crippen molar-refractivity contribution >= 4 is 23.4 Å². The Morgan fingerprint density at radius 3 is 2.60 bits per heavy atom. The van der Waals surface area contributed by atoms with Crippen LogP contribution in [0.5, 0.6) is 0 Å². The van der Waals surface area contributed by atoms with Gasteiger partial charge in [-0.25, -0.2) is 4.39 Å². The van der Waals surface area contributed by atoms with Crippen LogP contribution in [0.15, 0.2) is 12.1 Å². The first-order chi connectivity index (χ1) is 9.49. The topological polar surface area (TPSA) is 12.0 Å². The van der Waals surface area contributed by atoms with Crippen molar-refractivity contribution in [1.29, 1.82) is 0 Å². The van der Waals surface area contributed by atoms with E-state index in [2.05, 4.69) is 11.6 Å². The third kappa shape index (κ3) is 5.27. The smallest absolute Gasteiger partial charge is 0.145 e. The third-order valence-electron chi connectivity index (χ3n) is 3.53. The van der Waals surface area contributed by atoms with Gasteiger partial charge < -0.3 is 5.32 Å². The predicted molar refractivity (Wildman–Crippen MR) is 89.7 cm³/mol. The van der Waals surface area contributed by atoms with Crippen molar-refractivity contribution in [3.63, 3.8) is 0 Å². The van der Waals surface area contributed by atoms with Crippen molar-refractivity contribution in [3.05, 3.63) is 34.1 Å². The van der Waals surface area contributed by atoms with E-state index in [0.29, 0.717) is 6.04 Å². The second kappa shape index (κ2) is 8.91. The zero-order valence-corrected chi connectivity index (χ0v) is 14.4. The van der Waals surface area contributed by atoms with Crippen LogP contribution in [0.2, 0.25) is 5.02 Å². The van der Waals surface area contributed by atoms with E-state index in [1.54, 1.807) is 6.07 Å². The molecule has 0 saturated heterocycles. The molecule has 0 aliphatic heterocycles. The standard InChI is InChI=1S/C16H25ClFNS/c1-11(2)14-8-12(9-15(17)16(14)18)6-5-7-13(19-3)10-20-4/h8-9,11,13,19H,5-7,10H2,1-4H3. The Balaban J connectivity index is 2.64. The highest BCUT2D eigenvalue weighted by atomic mass is 35.5. The fraction of sp³-hybridized carbons (Fsp3) is 0.625. The molecule has 1 N–H and O–H groups in total. The Kier molecular flexibility index (Phi) is 7.93. The molecule has 0 aromatic heterocycles. The molecule has 0 amide bonds. The minimum absolute atomic E-state index is 0.161. The lowest BCUT2D eigenvalue weighted by molar-refractivity contribution is 0.548. The normalized spacial score (nSPS) is 12.9. The highest BCUT2D eigenvalue weighted by Gasteiger charge is 2.12. The maximum atomic E-state index is 13.9. The van der Waals surface area contributed by atoms with Gasteiger partial charge in [0, 0.05) is 11.8 Å². The Labute approximate surface area is 131 Å². The molecule has 1 unspecified atom stereocenters. The van der Waals surface area contributed by atoms with Gasteiger partial charge in [-0.1, -0.05) is 31.5 Å². The molecule has 0 bridgehead atoms. The van der Waals surface area contributed by atoms with E-state index in [1.807, 2.05) is 38.7 Å². The van der Waals surface area contributed by atoms with E-state index < -0.39 is 0 Å². The van der Waals surface area contributed by atoms with Crippen LogP contribution >= 0.6 is 23.4 Å². The minimum atomic E-state index is -0.263. The van der Waals surface area contributed by atoms with Crippen LogP contribution in [0.4, 0.5) is 4.39 Å². The zero-order chi connectivity index (χ0) is 15.1. The number of nitrogens with one attached hydrogen (secondary N) is 1. The third-order valence-corrected chi connectivity index (χ3v) is 4.54. The van der Waals surface area contributed by atoms with Crippen LogP contribution in [-0.4, -0.2) is 25.1 Å². The second-order valence-corrected chi connectivity index (χ2v) is 6.79. The molecule has 1 atom stereocenters. The number of rotatable bonds is 8. The van der Waals surface area contributed by atoms with Crippen LogP contribution in [-0.2, 0) is 6.42 Å². The number of hydrogen-bond donors (Lipinski definition) is 1. The summed E-state index contributed by atoms with van der Waals surface area (Å²) >= 11 is 7.85. The van der Waals surface area contributed by atoms with Crippen LogP contribution in [0.25, 0.3) is 0 Å². The number of benzene rings is 1. The monoisotopic (exact) mass is 317 g/mol. The number of thioether (sulfide) groups is 1. The Morgan fingerprint density at radius 2 is 2.05 bits per heavy atom. The van der Waals surface area contributed by atoms with Gasteiger partial charge in [0.15, 0.2) is 0 Å². The highest BCUT2D eigenvalue weighted by molar-refractivity contribution is 7.98. The molecule has 1 aromatic rings. The first kappa shape index (κ1) is 17.8. The van der Waals surface area contributed by atoms with Crippen molar-refractivity contribution in [2.75, 3.05) is 19.1 Å². The molecule has 0 radical (unpaired) electrons. The fourth-order valence-electron chi connectivity index (χ4n) is 2.30. The summed E-state index contributed by atoms with van der Waals surface area (Å²) in [5, 5.41) is 3.58. The molecule has 20 heavy (non-hydrogen) atoms. The lowest BCUT2D eigenvalue weighted by Gasteiger charge is -2.15. The summed E-state index contributed by atoms with van der Waals surface area (Å²) in [7, 11) is 2.01. The maximum Gasteiger partial charge on any atom is 0.145 e. The molecule has 0 heterocycles. The van der Waals surface area contributed by atoms with Crippen LogP contribution in [0.3, 0.4) is 0 Å². The summed E-state index contributed by atoms with van der Waals surface area (Å²) in [6.07, 6.45) is 5.29. The molecule has 1 nitrogen and oxygen atoms in total. The molecule has 4 heteroatoms. The van der Waals surface area contributed by atoms with E-state index >= 15 is 0 Å². The van der Waals surface area contributed by atoms with Gasteiger partial charge in [-0.05, 0) is 55.7 Å². The van der Waals surface area contributed by atoms with Gasteiger partial charge in [0.05, 0.1) is 5.02 Å². The first-order valence-corrected chi connectivity index (χ1v) is 8.90. The van der Waals surface area contributed by atoms with Gasteiger partial charge in [-0.15, -0.1) is 0 Å². The van der Waals surface area contributed by atoms with E-state index in [0.717, 1.165) is 36.1 Å². The van der Waals surface area contributed by atoms with Gasteiger partial charge in [0.25, 0.3) is 0 Å². The summed E-state index contributed by atoms with van der Waals surface area (Å²) in [6, 6.07) is 4.28. The highest BCUT2D eigenvalue weighted by Crippen LogP contribution is 2.27. The van der Waals surface area contributed by atoms with E-state index in [9.17, 15) is 4.39 Å². The quantitative estimate of drug-likeness (QED) is 0.733. The summed E-state index contributed by atoms with van der Waals surface area (Å²) in [4.78, 5) is 0. The van der Waals surface area contributed by atoms with Gasteiger partial charge in [0.1, 0.15) is 5.82 Å². The number of aryl methyl sites for hydroxylation is 1. The molecular weight excluding hydrogens is 293 g/mol. The Morgan fingerprint density at radius 1 is 1.35 bits per heavy atom. The molecule has 0 saturated carbocycles. The lowest BCUT2D eigenvalue weighted by atomic mass is 9.97. The van der Waals surface area contributed by atoms with E-state index in [4.69, 9.17) is 11.6 Å². The van der Waals surface area contributed by atoms with Crippen molar-refractivity contribution < 1.29 is 4.39 Å². The summed E-state index contributed by atoms with van der Waals surface area (Å²) in [6.45, 7) is 3.99. The molecule has 114 valence electrons. The molecule has 0 spiro atoms. The van der Waals surface area contributed by atoms with Gasteiger partial charge in [0.2, 0.25) is 0 Å². The zero-order valence-electron chi connectivity index (χ0n) is 12.8. The summed E-state index contributed by atoms with van der Waals surface area (Å²) in [5.41, 5.74) is 1.86. The van der Waals surface area contributed by atoms with Gasteiger partial charge >= 0.3 is 0 Å². The predicted octanol–water partition coefficient (Wildman–Crippen LogP) is 4.88. The molecule has 0 fully saturated rings. The molecular formula is C16H25ClFNS. The average molecular weight is 318 g/mol. The van der Waals surface area contributed by atoms with E-state index in [1.165, 1.54) is 0 Å². The molecule has 0 aliphatic carbocycles. The maximum absolute atomic E-state index is 13.9. The second-order valence-electron chi connectivity index (χ2n) is 5.47. The molecule has 1 rings (SSSR count). The SMILES string of the molecule is CNC(CCCc1cc(Cl)c(F)c(C(C)C)c1)CSC. The average Bonchev–Trinajstić information content (AvgIpc) is 2.41. The Bertz CT molecular complexity index is 423. The molecule has 0 aliphatic rings. The van der Waals surface area contributed by atoms with E-state index in [-0.39, 0.29) is 16.8 Å². The largest absolute Gasteiger partial charge is 0.316 e. The van der Waals surface area contributed by atoms with Crippen molar-refractivity contribution in [2.24, 2.45) is 0 Å². The number of halogens is 2. The van der Waals surface area contributed by atoms with Gasteiger partial charge in [-0.3, -0.25) is 0 Å². The van der Waals surface area contributed by atoms with Crippen molar-refractivity contribution in [3.8, 4) is 0 Å². The van der Waals surface area contributed by atoms with Crippen molar-refractivity contribution in [2.45, 2.75) is 45.1 Å². The van der Waals surface area contributed by atoms with Gasteiger partial charge in [-0.2, -0.15) is 11.8 Å². The van der Waals surface area contributed by atoms with Crippen LogP contribution in [0.1, 0.15) is 43.7 Å². The Hall–Kier alpha value is -0.250. The summed E-state index contributed by atoms with van der Waals surface area (Å²) < 4.78 is 13.9. The first-order valence-electron chi connectivity index (χ1n) is 7.13.